The van der Waals surface area contributed by atoms with E-state index in [9.17, 15) is 9.59 Å². The Morgan fingerprint density at radius 1 is 1.00 bits per heavy atom. The molecule has 0 aliphatic heterocycles. The molecular weight excluding hydrogens is 414 g/mol. The van der Waals surface area contributed by atoms with E-state index in [0.717, 1.165) is 16.8 Å². The van der Waals surface area contributed by atoms with Crippen molar-refractivity contribution >= 4 is 35.3 Å². The fourth-order valence-corrected chi connectivity index (χ4v) is 2.89. The van der Waals surface area contributed by atoms with Crippen molar-refractivity contribution in [1.29, 1.82) is 0 Å². The Kier molecular flexibility index (Phi) is 7.40. The minimum Gasteiger partial charge on any atom is -0.483 e. The van der Waals surface area contributed by atoms with Gasteiger partial charge >= 0.3 is 0 Å². The molecule has 6 nitrogen and oxygen atoms in total. The number of ether oxygens (including phenoxy) is 1. The van der Waals surface area contributed by atoms with Gasteiger partial charge in [-0.3, -0.25) is 9.59 Å². The number of carbonyl (C=O) groups is 2. The van der Waals surface area contributed by atoms with Crippen LogP contribution in [0.2, 0.25) is 5.02 Å². The molecule has 3 aromatic carbocycles. The summed E-state index contributed by atoms with van der Waals surface area (Å²) >= 11 is 5.83. The first-order chi connectivity index (χ1) is 14.9. The number of anilines is 1. The first kappa shape index (κ1) is 22.1. The van der Waals surface area contributed by atoms with Crippen molar-refractivity contribution in [2.24, 2.45) is 5.10 Å². The molecule has 0 heterocycles. The monoisotopic (exact) mass is 435 g/mol. The number of hydrogen-bond donors (Lipinski definition) is 2. The molecule has 3 rings (SSSR count). The molecule has 0 aromatic heterocycles. The number of benzene rings is 3. The lowest BCUT2D eigenvalue weighted by molar-refractivity contribution is -0.118. The van der Waals surface area contributed by atoms with Gasteiger partial charge in [-0.05, 0) is 67.4 Å². The zero-order valence-electron chi connectivity index (χ0n) is 17.2. The first-order valence-electron chi connectivity index (χ1n) is 9.61. The maximum atomic E-state index is 12.3. The normalized spacial score (nSPS) is 10.7. The summed E-state index contributed by atoms with van der Waals surface area (Å²) in [5, 5.41) is 7.38. The molecule has 0 aliphatic rings. The Bertz CT molecular complexity index is 1110. The molecule has 0 radical (unpaired) electrons. The van der Waals surface area contributed by atoms with Gasteiger partial charge in [-0.2, -0.15) is 5.10 Å². The van der Waals surface area contributed by atoms with E-state index in [4.69, 9.17) is 16.3 Å². The fourth-order valence-electron chi connectivity index (χ4n) is 2.76. The van der Waals surface area contributed by atoms with E-state index in [1.165, 1.54) is 6.21 Å². The summed E-state index contributed by atoms with van der Waals surface area (Å²) in [7, 11) is 0. The van der Waals surface area contributed by atoms with Crippen LogP contribution in [0.4, 0.5) is 5.69 Å². The molecule has 2 N–H and O–H groups in total. The molecule has 0 fully saturated rings. The first-order valence-corrected chi connectivity index (χ1v) is 9.98. The molecule has 0 aliphatic carbocycles. The Morgan fingerprint density at radius 3 is 2.52 bits per heavy atom. The van der Waals surface area contributed by atoms with Gasteiger partial charge in [-0.1, -0.05) is 35.9 Å². The number of aryl methyl sites for hydroxylation is 1. The quantitative estimate of drug-likeness (QED) is 0.415. The van der Waals surface area contributed by atoms with Crippen molar-refractivity contribution in [2.45, 2.75) is 13.8 Å². The van der Waals surface area contributed by atoms with Crippen molar-refractivity contribution in [3.63, 3.8) is 0 Å². The number of amides is 2. The smallest absolute Gasteiger partial charge is 0.271 e. The van der Waals surface area contributed by atoms with Crippen LogP contribution in [-0.4, -0.2) is 24.6 Å². The van der Waals surface area contributed by atoms with Crippen LogP contribution in [-0.2, 0) is 4.79 Å². The summed E-state index contributed by atoms with van der Waals surface area (Å²) in [5.41, 5.74) is 6.39. The van der Waals surface area contributed by atoms with Gasteiger partial charge in [0.15, 0.2) is 6.61 Å². The lowest BCUT2D eigenvalue weighted by Crippen LogP contribution is -2.21. The van der Waals surface area contributed by atoms with Gasteiger partial charge < -0.3 is 10.1 Å². The van der Waals surface area contributed by atoms with Crippen molar-refractivity contribution in [3.8, 4) is 5.75 Å². The molecule has 7 heteroatoms. The number of para-hydroxylation sites is 1. The van der Waals surface area contributed by atoms with Gasteiger partial charge in [0, 0.05) is 21.8 Å². The Hall–Kier alpha value is -3.64. The summed E-state index contributed by atoms with van der Waals surface area (Å²) in [6.45, 7) is 3.79. The van der Waals surface area contributed by atoms with Crippen molar-refractivity contribution in [3.05, 3.63) is 94.0 Å². The number of rotatable bonds is 7. The third-order valence-corrected chi connectivity index (χ3v) is 4.88. The summed E-state index contributed by atoms with van der Waals surface area (Å²) in [6.07, 6.45) is 1.46. The van der Waals surface area contributed by atoms with Crippen molar-refractivity contribution < 1.29 is 14.3 Å². The topological polar surface area (TPSA) is 79.8 Å². The van der Waals surface area contributed by atoms with Crippen LogP contribution in [0.15, 0.2) is 71.8 Å². The molecule has 3 aromatic rings. The van der Waals surface area contributed by atoms with Crippen LogP contribution < -0.4 is 15.5 Å². The second-order valence-corrected chi connectivity index (χ2v) is 7.26. The lowest BCUT2D eigenvalue weighted by atomic mass is 10.1. The van der Waals surface area contributed by atoms with E-state index < -0.39 is 0 Å². The molecular formula is C24H22ClN3O3. The van der Waals surface area contributed by atoms with Crippen LogP contribution in [0.3, 0.4) is 0 Å². The van der Waals surface area contributed by atoms with Gasteiger partial charge in [-0.15, -0.1) is 0 Å². The van der Waals surface area contributed by atoms with Gasteiger partial charge in [0.25, 0.3) is 11.8 Å². The van der Waals surface area contributed by atoms with E-state index >= 15 is 0 Å². The molecule has 0 saturated heterocycles. The largest absolute Gasteiger partial charge is 0.483 e. The minimum absolute atomic E-state index is 0.157. The molecule has 2 amide bonds. The number of hydrazone groups is 1. The second kappa shape index (κ2) is 10.4. The van der Waals surface area contributed by atoms with Crippen molar-refractivity contribution in [2.75, 3.05) is 11.9 Å². The van der Waals surface area contributed by atoms with Crippen LogP contribution in [0, 0.1) is 13.8 Å². The predicted octanol–water partition coefficient (Wildman–Crippen LogP) is 4.74. The van der Waals surface area contributed by atoms with Crippen LogP contribution in [0.1, 0.15) is 27.0 Å². The molecule has 31 heavy (non-hydrogen) atoms. The third kappa shape index (κ3) is 6.17. The zero-order chi connectivity index (χ0) is 22.2. The summed E-state index contributed by atoms with van der Waals surface area (Å²) in [5.74, 6) is -0.154. The van der Waals surface area contributed by atoms with Crippen LogP contribution in [0.5, 0.6) is 5.75 Å². The highest BCUT2D eigenvalue weighted by atomic mass is 35.5. The van der Waals surface area contributed by atoms with E-state index in [1.807, 2.05) is 38.1 Å². The van der Waals surface area contributed by atoms with Gasteiger partial charge in [0.2, 0.25) is 0 Å². The SMILES string of the molecule is Cc1cccc(NC(=O)COc2ccccc2/C=N/NC(=O)c2ccc(Cl)cc2)c1C. The average molecular weight is 436 g/mol. The fraction of sp³-hybridized carbons (Fsp3) is 0.125. The third-order valence-electron chi connectivity index (χ3n) is 4.63. The van der Waals surface area contributed by atoms with E-state index in [2.05, 4.69) is 15.8 Å². The summed E-state index contributed by atoms with van der Waals surface area (Å²) in [4.78, 5) is 24.4. The van der Waals surface area contributed by atoms with Gasteiger partial charge in [-0.25, -0.2) is 5.43 Å². The highest BCUT2D eigenvalue weighted by Crippen LogP contribution is 2.19. The van der Waals surface area contributed by atoms with E-state index in [1.54, 1.807) is 42.5 Å². The molecule has 158 valence electrons. The predicted molar refractivity (Wildman–Crippen MR) is 123 cm³/mol. The molecule has 0 bridgehead atoms. The highest BCUT2D eigenvalue weighted by molar-refractivity contribution is 6.30. The van der Waals surface area contributed by atoms with Crippen LogP contribution >= 0.6 is 11.6 Å². The Labute approximate surface area is 185 Å². The second-order valence-electron chi connectivity index (χ2n) is 6.83. The zero-order valence-corrected chi connectivity index (χ0v) is 17.9. The van der Waals surface area contributed by atoms with Crippen LogP contribution in [0.25, 0.3) is 0 Å². The summed E-state index contributed by atoms with van der Waals surface area (Å²) < 4.78 is 5.67. The summed E-state index contributed by atoms with van der Waals surface area (Å²) in [6, 6.07) is 19.3. The Morgan fingerprint density at radius 2 is 1.74 bits per heavy atom. The van der Waals surface area contributed by atoms with Gasteiger partial charge in [0.1, 0.15) is 5.75 Å². The number of halogens is 1. The standard InChI is InChI=1S/C24H22ClN3O3/c1-16-6-5-8-21(17(16)2)27-23(29)15-31-22-9-4-3-7-19(22)14-26-28-24(30)18-10-12-20(25)13-11-18/h3-14H,15H2,1-2H3,(H,27,29)(H,28,30)/b26-14+. The number of nitrogens with zero attached hydrogens (tertiary/aromatic N) is 1. The van der Waals surface area contributed by atoms with Gasteiger partial charge in [0.05, 0.1) is 6.21 Å². The average Bonchev–Trinajstić information content (AvgIpc) is 2.76. The Balaban J connectivity index is 1.59. The number of hydrogen-bond acceptors (Lipinski definition) is 4. The van der Waals surface area contributed by atoms with Crippen molar-refractivity contribution in [1.82, 2.24) is 5.43 Å². The number of carbonyl (C=O) groups excluding carboxylic acids is 2. The minimum atomic E-state index is -0.362. The maximum Gasteiger partial charge on any atom is 0.271 e. The molecule has 0 unspecified atom stereocenters. The molecule has 0 spiro atoms. The lowest BCUT2D eigenvalue weighted by Gasteiger charge is -2.12. The highest BCUT2D eigenvalue weighted by Gasteiger charge is 2.09. The van der Waals surface area contributed by atoms with E-state index in [-0.39, 0.29) is 18.4 Å². The maximum absolute atomic E-state index is 12.3. The van der Waals surface area contributed by atoms with E-state index in [0.29, 0.717) is 21.9 Å². The number of nitrogens with one attached hydrogen (secondary N) is 2. The molecule has 0 saturated carbocycles. The molecule has 0 atom stereocenters.